The molecule has 1 aromatic carbocycles. The lowest BCUT2D eigenvalue weighted by molar-refractivity contribution is -0.159. The summed E-state index contributed by atoms with van der Waals surface area (Å²) < 4.78 is 46.8. The van der Waals surface area contributed by atoms with Crippen LogP contribution in [0.4, 0.5) is 13.2 Å². The van der Waals surface area contributed by atoms with Gasteiger partial charge < -0.3 is 14.6 Å². The predicted octanol–water partition coefficient (Wildman–Crippen LogP) is 3.19. The summed E-state index contributed by atoms with van der Waals surface area (Å²) in [5.74, 6) is -1.66. The lowest BCUT2D eigenvalue weighted by Crippen LogP contribution is -2.23. The van der Waals surface area contributed by atoms with Gasteiger partial charge in [-0.15, -0.1) is 0 Å². The first-order valence-electron chi connectivity index (χ1n) is 7.75. The number of ether oxygens (including phenoxy) is 1. The molecule has 6 nitrogen and oxygen atoms in total. The monoisotopic (exact) mass is 357 g/mol. The first kappa shape index (κ1) is 18.9. The molecule has 0 aliphatic carbocycles. The van der Waals surface area contributed by atoms with Gasteiger partial charge in [0.25, 0.3) is 0 Å². The van der Waals surface area contributed by atoms with Crippen molar-refractivity contribution >= 4 is 5.91 Å². The minimum absolute atomic E-state index is 0.131. The summed E-state index contributed by atoms with van der Waals surface area (Å²) in [7, 11) is 0. The Balaban J connectivity index is 1.85. The summed E-state index contributed by atoms with van der Waals surface area (Å²) in [5, 5.41) is 6.06. The smallest absolute Gasteiger partial charge is 0.381 e. The summed E-state index contributed by atoms with van der Waals surface area (Å²) in [6, 6.07) is 6.48. The van der Waals surface area contributed by atoms with Crippen LogP contribution in [-0.4, -0.2) is 29.3 Å². The number of hydrogen-bond acceptors (Lipinski definition) is 5. The van der Waals surface area contributed by atoms with Gasteiger partial charge >= 0.3 is 12.1 Å². The zero-order valence-electron chi connectivity index (χ0n) is 13.6. The quantitative estimate of drug-likeness (QED) is 0.734. The molecule has 0 aliphatic rings. The van der Waals surface area contributed by atoms with Crippen molar-refractivity contribution in [2.75, 3.05) is 13.2 Å². The number of alkyl halides is 3. The van der Waals surface area contributed by atoms with Gasteiger partial charge in [-0.05, 0) is 12.0 Å². The van der Waals surface area contributed by atoms with Crippen molar-refractivity contribution in [3.05, 3.63) is 35.7 Å². The van der Waals surface area contributed by atoms with E-state index in [0.717, 1.165) is 12.0 Å². The SMILES string of the molecule is CCCOCCC(=O)NCc1ccc(-c2noc(C(F)(F)F)n2)cc1. The van der Waals surface area contributed by atoms with E-state index in [2.05, 4.69) is 20.0 Å². The summed E-state index contributed by atoms with van der Waals surface area (Å²) >= 11 is 0. The van der Waals surface area contributed by atoms with Crippen molar-refractivity contribution in [1.82, 2.24) is 15.5 Å². The third kappa shape index (κ3) is 5.86. The largest absolute Gasteiger partial charge is 0.471 e. The molecule has 0 bridgehead atoms. The standard InChI is InChI=1S/C16H18F3N3O3/c1-2-8-24-9-7-13(23)20-10-11-3-5-12(6-4-11)14-21-15(25-22-14)16(17,18)19/h3-6H,2,7-10H2,1H3,(H,20,23). The average Bonchev–Trinajstić information content (AvgIpc) is 3.08. The number of carbonyl (C=O) groups excluding carboxylic acids is 1. The van der Waals surface area contributed by atoms with Crippen LogP contribution in [0.3, 0.4) is 0 Å². The van der Waals surface area contributed by atoms with Crippen LogP contribution in [-0.2, 0) is 22.3 Å². The Labute approximate surface area is 142 Å². The predicted molar refractivity (Wildman–Crippen MR) is 82.3 cm³/mol. The summed E-state index contributed by atoms with van der Waals surface area (Å²) in [4.78, 5) is 15.0. The molecule has 0 saturated heterocycles. The fraction of sp³-hybridized carbons (Fsp3) is 0.438. The van der Waals surface area contributed by atoms with E-state index in [1.165, 1.54) is 0 Å². The molecule has 0 unspecified atom stereocenters. The van der Waals surface area contributed by atoms with Gasteiger partial charge in [0.2, 0.25) is 11.7 Å². The van der Waals surface area contributed by atoms with Gasteiger partial charge in [-0.25, -0.2) is 0 Å². The third-order valence-corrected chi connectivity index (χ3v) is 3.19. The molecule has 136 valence electrons. The molecule has 1 N–H and O–H groups in total. The van der Waals surface area contributed by atoms with E-state index in [9.17, 15) is 18.0 Å². The second-order valence-corrected chi connectivity index (χ2v) is 5.26. The lowest BCUT2D eigenvalue weighted by Gasteiger charge is -2.06. The van der Waals surface area contributed by atoms with Crippen LogP contribution in [0.2, 0.25) is 0 Å². The van der Waals surface area contributed by atoms with E-state index < -0.39 is 12.1 Å². The molecule has 2 rings (SSSR count). The van der Waals surface area contributed by atoms with E-state index in [1.54, 1.807) is 24.3 Å². The number of carbonyl (C=O) groups is 1. The Hall–Kier alpha value is -2.42. The van der Waals surface area contributed by atoms with Crippen LogP contribution in [0.5, 0.6) is 0 Å². The van der Waals surface area contributed by atoms with Gasteiger partial charge in [0, 0.05) is 25.1 Å². The molecule has 1 aromatic heterocycles. The van der Waals surface area contributed by atoms with Gasteiger partial charge in [-0.3, -0.25) is 4.79 Å². The highest BCUT2D eigenvalue weighted by atomic mass is 19.4. The van der Waals surface area contributed by atoms with Crippen molar-refractivity contribution < 1.29 is 27.2 Å². The van der Waals surface area contributed by atoms with Crippen molar-refractivity contribution in [3.8, 4) is 11.4 Å². The molecular weight excluding hydrogens is 339 g/mol. The van der Waals surface area contributed by atoms with E-state index in [4.69, 9.17) is 4.74 Å². The first-order chi connectivity index (χ1) is 11.9. The highest BCUT2D eigenvalue weighted by Crippen LogP contribution is 2.29. The number of hydrogen-bond donors (Lipinski definition) is 1. The van der Waals surface area contributed by atoms with Gasteiger partial charge in [-0.2, -0.15) is 18.2 Å². The number of aromatic nitrogens is 2. The second kappa shape index (κ2) is 8.61. The average molecular weight is 357 g/mol. The maximum Gasteiger partial charge on any atom is 0.471 e. The number of benzene rings is 1. The Morgan fingerprint density at radius 1 is 1.24 bits per heavy atom. The van der Waals surface area contributed by atoms with Crippen molar-refractivity contribution in [2.24, 2.45) is 0 Å². The number of nitrogens with zero attached hydrogens (tertiary/aromatic N) is 2. The molecule has 25 heavy (non-hydrogen) atoms. The molecule has 0 atom stereocenters. The molecule has 1 heterocycles. The van der Waals surface area contributed by atoms with E-state index in [-0.39, 0.29) is 18.2 Å². The molecule has 0 aliphatic heterocycles. The lowest BCUT2D eigenvalue weighted by atomic mass is 10.1. The summed E-state index contributed by atoms with van der Waals surface area (Å²) in [6.45, 7) is 3.30. The molecule has 0 radical (unpaired) electrons. The fourth-order valence-corrected chi connectivity index (χ4v) is 1.93. The van der Waals surface area contributed by atoms with Crippen LogP contribution in [0.25, 0.3) is 11.4 Å². The minimum atomic E-state index is -4.67. The van der Waals surface area contributed by atoms with Gasteiger partial charge in [0.1, 0.15) is 0 Å². The first-order valence-corrected chi connectivity index (χ1v) is 7.75. The Morgan fingerprint density at radius 3 is 2.56 bits per heavy atom. The zero-order valence-corrected chi connectivity index (χ0v) is 13.6. The molecule has 1 amide bonds. The minimum Gasteiger partial charge on any atom is -0.381 e. The molecule has 0 spiro atoms. The molecule has 9 heteroatoms. The van der Waals surface area contributed by atoms with Crippen LogP contribution in [0.15, 0.2) is 28.8 Å². The van der Waals surface area contributed by atoms with Crippen LogP contribution >= 0.6 is 0 Å². The molecule has 2 aromatic rings. The molecular formula is C16H18F3N3O3. The van der Waals surface area contributed by atoms with Crippen molar-refractivity contribution in [1.29, 1.82) is 0 Å². The zero-order chi connectivity index (χ0) is 18.3. The van der Waals surface area contributed by atoms with Crippen LogP contribution in [0.1, 0.15) is 31.2 Å². The van der Waals surface area contributed by atoms with E-state index in [1.807, 2.05) is 6.92 Å². The van der Waals surface area contributed by atoms with E-state index in [0.29, 0.717) is 25.3 Å². The van der Waals surface area contributed by atoms with Crippen LogP contribution in [0, 0.1) is 0 Å². The van der Waals surface area contributed by atoms with E-state index >= 15 is 0 Å². The highest BCUT2D eigenvalue weighted by molar-refractivity contribution is 5.75. The number of rotatable bonds is 8. The topological polar surface area (TPSA) is 77.2 Å². The Kier molecular flexibility index (Phi) is 6.51. The number of halogens is 3. The molecule has 0 saturated carbocycles. The van der Waals surface area contributed by atoms with Crippen molar-refractivity contribution in [3.63, 3.8) is 0 Å². The fourth-order valence-electron chi connectivity index (χ4n) is 1.93. The summed E-state index contributed by atoms with van der Waals surface area (Å²) in [6.07, 6.45) is -3.49. The van der Waals surface area contributed by atoms with Crippen LogP contribution < -0.4 is 5.32 Å². The normalized spacial score (nSPS) is 11.5. The Bertz CT molecular complexity index is 684. The third-order valence-electron chi connectivity index (χ3n) is 3.19. The maximum atomic E-state index is 12.4. The maximum absolute atomic E-state index is 12.4. The number of nitrogens with one attached hydrogen (secondary N) is 1. The summed E-state index contributed by atoms with van der Waals surface area (Å²) in [5.41, 5.74) is 1.19. The highest BCUT2D eigenvalue weighted by Gasteiger charge is 2.38. The van der Waals surface area contributed by atoms with Gasteiger partial charge in [0.15, 0.2) is 0 Å². The van der Waals surface area contributed by atoms with Gasteiger partial charge in [0.05, 0.1) is 6.61 Å². The molecule has 0 fully saturated rings. The Morgan fingerprint density at radius 2 is 1.96 bits per heavy atom. The number of amides is 1. The van der Waals surface area contributed by atoms with Crippen molar-refractivity contribution in [2.45, 2.75) is 32.5 Å². The van der Waals surface area contributed by atoms with Gasteiger partial charge in [-0.1, -0.05) is 36.3 Å². The second-order valence-electron chi connectivity index (χ2n) is 5.26.